The number of fused-ring (bicyclic) bond motifs is 1. The molecule has 0 unspecified atom stereocenters. The molecule has 9 heteroatoms. The number of nitrogens with one attached hydrogen (secondary N) is 2. The highest BCUT2D eigenvalue weighted by atomic mass is 16.6. The lowest BCUT2D eigenvalue weighted by Crippen LogP contribution is -2.50. The second kappa shape index (κ2) is 9.95. The minimum atomic E-state index is -0.472. The number of aromatic amines is 1. The first kappa shape index (κ1) is 20.7. The number of tetrazole rings is 1. The average Bonchev–Trinajstić information content (AvgIpc) is 3.19. The fourth-order valence-corrected chi connectivity index (χ4v) is 4.50. The van der Waals surface area contributed by atoms with Crippen molar-refractivity contribution >= 4 is 11.9 Å². The van der Waals surface area contributed by atoms with Gasteiger partial charge in [0.25, 0.3) is 0 Å². The molecule has 3 rings (SSSR count). The maximum absolute atomic E-state index is 12.5. The molecule has 0 amide bonds. The van der Waals surface area contributed by atoms with Gasteiger partial charge in [-0.25, -0.2) is 0 Å². The molecule has 2 heterocycles. The van der Waals surface area contributed by atoms with Crippen molar-refractivity contribution in [1.29, 1.82) is 0 Å². The summed E-state index contributed by atoms with van der Waals surface area (Å²) >= 11 is 0. The molecule has 28 heavy (non-hydrogen) atoms. The summed E-state index contributed by atoms with van der Waals surface area (Å²) in [7, 11) is 0. The molecule has 2 fully saturated rings. The standard InChI is InChI=1S/C19H31N5O4/c1-3-27-18(25)8-12(2)28-19(26)16-10-15-9-13(4-6-14(15)11-20-16)5-7-17-21-23-24-22-17/h12-16,20H,3-11H2,1-2H3,(H,21,22,23,24)/t12-,13-,14+,15-,16+/m1/s1. The molecule has 1 saturated carbocycles. The monoisotopic (exact) mass is 393 g/mol. The minimum Gasteiger partial charge on any atom is -0.466 e. The van der Waals surface area contributed by atoms with Crippen LogP contribution in [0.5, 0.6) is 0 Å². The summed E-state index contributed by atoms with van der Waals surface area (Å²) in [6.45, 7) is 4.68. The van der Waals surface area contributed by atoms with Gasteiger partial charge in [0.2, 0.25) is 0 Å². The Labute approximate surface area is 165 Å². The Morgan fingerprint density at radius 3 is 2.86 bits per heavy atom. The van der Waals surface area contributed by atoms with Crippen LogP contribution in [0, 0.1) is 17.8 Å². The summed E-state index contributed by atoms with van der Waals surface area (Å²) in [6, 6.07) is -0.290. The molecule has 2 N–H and O–H groups in total. The zero-order chi connectivity index (χ0) is 19.9. The van der Waals surface area contributed by atoms with Crippen LogP contribution in [0.4, 0.5) is 0 Å². The van der Waals surface area contributed by atoms with Crippen molar-refractivity contribution in [1.82, 2.24) is 25.9 Å². The highest BCUT2D eigenvalue weighted by Crippen LogP contribution is 2.40. The quantitative estimate of drug-likeness (QED) is 0.636. The molecule has 1 aromatic rings. The Balaban J connectivity index is 1.44. The second-order valence-corrected chi connectivity index (χ2v) is 8.02. The Bertz CT molecular complexity index is 638. The molecule has 0 radical (unpaired) electrons. The Hall–Kier alpha value is -2.03. The predicted molar refractivity (Wildman–Crippen MR) is 100 cm³/mol. The van der Waals surface area contributed by atoms with E-state index in [0.29, 0.717) is 24.4 Å². The number of rotatable bonds is 8. The van der Waals surface area contributed by atoms with Gasteiger partial charge in [0, 0.05) is 6.42 Å². The van der Waals surface area contributed by atoms with Crippen molar-refractivity contribution in [3.63, 3.8) is 0 Å². The number of esters is 2. The third kappa shape index (κ3) is 5.73. The largest absolute Gasteiger partial charge is 0.466 e. The van der Waals surface area contributed by atoms with E-state index in [0.717, 1.165) is 38.1 Å². The Kier molecular flexibility index (Phi) is 7.36. The highest BCUT2D eigenvalue weighted by Gasteiger charge is 2.38. The van der Waals surface area contributed by atoms with Crippen LogP contribution in [0.2, 0.25) is 0 Å². The fraction of sp³-hybridized carbons (Fsp3) is 0.842. The van der Waals surface area contributed by atoms with Crippen LogP contribution in [0.15, 0.2) is 0 Å². The number of nitrogens with zero attached hydrogens (tertiary/aromatic N) is 3. The SMILES string of the molecule is CCOC(=O)C[C@@H](C)OC(=O)[C@@H]1C[C@H]2C[C@@H](CCc3nn[nH]n3)CC[C@H]2CN1. The zero-order valence-corrected chi connectivity index (χ0v) is 16.7. The third-order valence-electron chi connectivity index (χ3n) is 5.94. The van der Waals surface area contributed by atoms with Gasteiger partial charge in [-0.1, -0.05) is 11.6 Å². The smallest absolute Gasteiger partial charge is 0.323 e. The van der Waals surface area contributed by atoms with E-state index in [1.54, 1.807) is 13.8 Å². The van der Waals surface area contributed by atoms with Gasteiger partial charge in [-0.2, -0.15) is 5.21 Å². The molecule has 0 aromatic carbocycles. The van der Waals surface area contributed by atoms with E-state index < -0.39 is 6.10 Å². The summed E-state index contributed by atoms with van der Waals surface area (Å²) in [6.07, 6.45) is 5.86. The number of carbonyl (C=O) groups excluding carboxylic acids is 2. The van der Waals surface area contributed by atoms with E-state index in [1.165, 1.54) is 12.8 Å². The number of ether oxygens (including phenoxy) is 2. The summed E-state index contributed by atoms with van der Waals surface area (Å²) in [4.78, 5) is 24.1. The number of aryl methyl sites for hydroxylation is 1. The van der Waals surface area contributed by atoms with Gasteiger partial charge in [0.15, 0.2) is 5.82 Å². The lowest BCUT2D eigenvalue weighted by Gasteiger charge is -2.42. The predicted octanol–water partition coefficient (Wildman–Crippen LogP) is 1.41. The van der Waals surface area contributed by atoms with Crippen LogP contribution in [-0.2, 0) is 25.5 Å². The summed E-state index contributed by atoms with van der Waals surface area (Å²) in [5, 5.41) is 17.5. The van der Waals surface area contributed by atoms with Crippen LogP contribution in [0.3, 0.4) is 0 Å². The van der Waals surface area contributed by atoms with E-state index in [9.17, 15) is 9.59 Å². The minimum absolute atomic E-state index is 0.0938. The average molecular weight is 393 g/mol. The molecule has 1 aromatic heterocycles. The molecule has 0 bridgehead atoms. The van der Waals surface area contributed by atoms with Gasteiger partial charge in [-0.15, -0.1) is 10.2 Å². The van der Waals surface area contributed by atoms with E-state index in [2.05, 4.69) is 25.9 Å². The number of hydrogen-bond donors (Lipinski definition) is 2. The van der Waals surface area contributed by atoms with Crippen LogP contribution in [0.25, 0.3) is 0 Å². The van der Waals surface area contributed by atoms with Crippen molar-refractivity contribution < 1.29 is 19.1 Å². The molecule has 0 spiro atoms. The summed E-state index contributed by atoms with van der Waals surface area (Å²) in [5.74, 6) is 1.97. The first-order chi connectivity index (χ1) is 13.5. The van der Waals surface area contributed by atoms with Crippen molar-refractivity contribution in [2.45, 2.75) is 70.9 Å². The van der Waals surface area contributed by atoms with Crippen molar-refractivity contribution in [2.24, 2.45) is 17.8 Å². The van der Waals surface area contributed by atoms with Gasteiger partial charge in [0.1, 0.15) is 12.1 Å². The highest BCUT2D eigenvalue weighted by molar-refractivity contribution is 5.77. The van der Waals surface area contributed by atoms with Crippen LogP contribution in [0.1, 0.15) is 58.2 Å². The fourth-order valence-electron chi connectivity index (χ4n) is 4.50. The van der Waals surface area contributed by atoms with Crippen molar-refractivity contribution in [3.05, 3.63) is 5.82 Å². The molecule has 156 valence electrons. The normalized spacial score (nSPS) is 28.2. The zero-order valence-electron chi connectivity index (χ0n) is 16.7. The van der Waals surface area contributed by atoms with Crippen molar-refractivity contribution in [2.75, 3.05) is 13.2 Å². The maximum Gasteiger partial charge on any atom is 0.323 e. The first-order valence-corrected chi connectivity index (χ1v) is 10.4. The molecular weight excluding hydrogens is 362 g/mol. The number of piperidine rings is 1. The Morgan fingerprint density at radius 2 is 2.11 bits per heavy atom. The summed E-state index contributed by atoms with van der Waals surface area (Å²) in [5.41, 5.74) is 0. The van der Waals surface area contributed by atoms with E-state index >= 15 is 0 Å². The lowest BCUT2D eigenvalue weighted by atomic mass is 9.69. The maximum atomic E-state index is 12.5. The van der Waals surface area contributed by atoms with Gasteiger partial charge in [0.05, 0.1) is 13.0 Å². The van der Waals surface area contributed by atoms with E-state index in [-0.39, 0.29) is 24.4 Å². The van der Waals surface area contributed by atoms with Crippen molar-refractivity contribution in [3.8, 4) is 0 Å². The number of carbonyl (C=O) groups is 2. The van der Waals surface area contributed by atoms with Gasteiger partial charge < -0.3 is 14.8 Å². The summed E-state index contributed by atoms with van der Waals surface area (Å²) < 4.78 is 10.4. The topological polar surface area (TPSA) is 119 Å². The van der Waals surface area contributed by atoms with Gasteiger partial charge in [-0.05, 0) is 63.8 Å². The van der Waals surface area contributed by atoms with Gasteiger partial charge in [-0.3, -0.25) is 9.59 Å². The molecular formula is C19H31N5O4. The molecule has 5 atom stereocenters. The van der Waals surface area contributed by atoms with E-state index in [1.807, 2.05) is 0 Å². The molecule has 1 aliphatic heterocycles. The third-order valence-corrected chi connectivity index (χ3v) is 5.94. The molecule has 1 saturated heterocycles. The second-order valence-electron chi connectivity index (χ2n) is 8.02. The van der Waals surface area contributed by atoms with Crippen LogP contribution < -0.4 is 5.32 Å². The Morgan fingerprint density at radius 1 is 1.25 bits per heavy atom. The number of hydrogen-bond acceptors (Lipinski definition) is 8. The van der Waals surface area contributed by atoms with Crippen LogP contribution in [-0.4, -0.2) is 57.9 Å². The van der Waals surface area contributed by atoms with Gasteiger partial charge >= 0.3 is 11.9 Å². The lowest BCUT2D eigenvalue weighted by molar-refractivity contribution is -0.157. The molecule has 9 nitrogen and oxygen atoms in total. The molecule has 2 aliphatic rings. The molecule has 1 aliphatic carbocycles. The number of aromatic nitrogens is 4. The van der Waals surface area contributed by atoms with Crippen LogP contribution >= 0.6 is 0 Å². The van der Waals surface area contributed by atoms with E-state index in [4.69, 9.17) is 9.47 Å². The number of H-pyrrole nitrogens is 1. The first-order valence-electron chi connectivity index (χ1n) is 10.4.